The zero-order valence-electron chi connectivity index (χ0n) is 22.5. The number of hydrogen-bond acceptors (Lipinski definition) is 6. The van der Waals surface area contributed by atoms with Crippen LogP contribution in [0, 0.1) is 11.2 Å². The van der Waals surface area contributed by atoms with E-state index in [0.717, 1.165) is 0 Å². The summed E-state index contributed by atoms with van der Waals surface area (Å²) in [5.74, 6) is -0.512. The number of nitrogens with zero attached hydrogens (tertiary/aromatic N) is 1. The summed E-state index contributed by atoms with van der Waals surface area (Å²) in [5.41, 5.74) is 7.45. The molecule has 0 radical (unpaired) electrons. The molecule has 0 aliphatic rings. The molecule has 0 spiro atoms. The van der Waals surface area contributed by atoms with Gasteiger partial charge in [-0.05, 0) is 63.2 Å². The minimum atomic E-state index is -4.85. The second-order valence-corrected chi connectivity index (χ2v) is 9.24. The molecule has 0 aliphatic heterocycles. The molecule has 1 unspecified atom stereocenters. The van der Waals surface area contributed by atoms with Crippen LogP contribution in [-0.4, -0.2) is 34.9 Å². The molecule has 4 aromatic rings. The van der Waals surface area contributed by atoms with E-state index in [1.165, 1.54) is 36.5 Å². The van der Waals surface area contributed by atoms with Crippen molar-refractivity contribution in [3.8, 4) is 28.5 Å². The van der Waals surface area contributed by atoms with Crippen molar-refractivity contribution in [2.45, 2.75) is 39.3 Å². The number of aromatic amines is 1. The van der Waals surface area contributed by atoms with E-state index in [1.807, 2.05) is 0 Å². The molecule has 0 amide bonds. The number of H-pyrrole nitrogens is 1. The van der Waals surface area contributed by atoms with Crippen LogP contribution < -0.4 is 25.3 Å². The van der Waals surface area contributed by atoms with E-state index in [4.69, 9.17) is 20.6 Å². The molecular weight excluding hydrogens is 542 g/mol. The summed E-state index contributed by atoms with van der Waals surface area (Å²) in [6, 6.07) is 14.1. The predicted molar refractivity (Wildman–Crippen MR) is 147 cm³/mol. The van der Waals surface area contributed by atoms with Gasteiger partial charge in [0.2, 0.25) is 0 Å². The van der Waals surface area contributed by atoms with Crippen molar-refractivity contribution in [1.82, 2.24) is 9.97 Å². The second-order valence-electron chi connectivity index (χ2n) is 9.24. The molecule has 0 saturated carbocycles. The molecule has 12 heteroatoms. The maximum atomic E-state index is 16.0. The molecule has 4 rings (SSSR count). The first-order chi connectivity index (χ1) is 19.4. The van der Waals surface area contributed by atoms with Gasteiger partial charge >= 0.3 is 6.36 Å². The molecule has 5 N–H and O–H groups in total. The summed E-state index contributed by atoms with van der Waals surface area (Å²) in [6.45, 7) is 5.67. The van der Waals surface area contributed by atoms with Crippen LogP contribution in [0.5, 0.6) is 17.2 Å². The van der Waals surface area contributed by atoms with Crippen LogP contribution in [0.25, 0.3) is 11.3 Å². The van der Waals surface area contributed by atoms with Crippen LogP contribution in [-0.2, 0) is 0 Å². The Hall–Kier alpha value is -4.74. The lowest BCUT2D eigenvalue weighted by Gasteiger charge is -2.22. The molecule has 0 saturated heterocycles. The van der Waals surface area contributed by atoms with E-state index in [0.29, 0.717) is 34.9 Å². The lowest BCUT2D eigenvalue weighted by atomic mass is 10.0. The number of nitrogen functional groups attached to an aromatic ring is 1. The summed E-state index contributed by atoms with van der Waals surface area (Å²) >= 11 is 0. The number of alkyl halides is 3. The van der Waals surface area contributed by atoms with E-state index >= 15 is 4.39 Å². The number of aromatic nitrogens is 2. The summed E-state index contributed by atoms with van der Waals surface area (Å²) < 4.78 is 69.7. The van der Waals surface area contributed by atoms with Gasteiger partial charge in [-0.15, -0.1) is 13.2 Å². The van der Waals surface area contributed by atoms with Crippen molar-refractivity contribution in [3.63, 3.8) is 0 Å². The molecule has 1 heterocycles. The second kappa shape index (κ2) is 12.2. The number of benzene rings is 3. The first-order valence-corrected chi connectivity index (χ1v) is 12.7. The van der Waals surface area contributed by atoms with Gasteiger partial charge in [-0.25, -0.2) is 9.37 Å². The van der Waals surface area contributed by atoms with Crippen LogP contribution in [0.2, 0.25) is 0 Å². The van der Waals surface area contributed by atoms with Crippen molar-refractivity contribution in [2.75, 3.05) is 11.9 Å². The largest absolute Gasteiger partial charge is 0.573 e. The third kappa shape index (κ3) is 7.47. The minimum absolute atomic E-state index is 0.0107. The number of nitrogens with two attached hydrogens (primary N) is 1. The van der Waals surface area contributed by atoms with Crippen LogP contribution in [0.1, 0.15) is 43.8 Å². The summed E-state index contributed by atoms with van der Waals surface area (Å²) in [7, 11) is 0. The van der Waals surface area contributed by atoms with Gasteiger partial charge in [-0.1, -0.05) is 12.1 Å². The quantitative estimate of drug-likeness (QED) is 0.0895. The zero-order chi connectivity index (χ0) is 29.7. The highest BCUT2D eigenvalue weighted by molar-refractivity contribution is 5.95. The normalized spacial score (nSPS) is 12.2. The van der Waals surface area contributed by atoms with E-state index < -0.39 is 24.0 Å². The molecule has 8 nitrogen and oxygen atoms in total. The van der Waals surface area contributed by atoms with Crippen molar-refractivity contribution in [2.24, 2.45) is 5.73 Å². The maximum absolute atomic E-state index is 16.0. The standard InChI is InChI=1S/C29H29F4N5O3/c1-4-39-21-13-22(25(30)24(14-21)40-16(2)3)26(37-19-10-8-17(9-11-19)27(34)35)28-36-15-23(38-28)18-6-5-7-20(12-18)41-29(31,32)33/h5-16,26,37H,4H2,1-3H3,(H3,34,35)(H,36,38). The molecular formula is C29H29F4N5O3. The molecule has 0 bridgehead atoms. The van der Waals surface area contributed by atoms with Crippen molar-refractivity contribution < 1.29 is 31.8 Å². The fourth-order valence-electron chi connectivity index (χ4n) is 4.08. The highest BCUT2D eigenvalue weighted by Gasteiger charge is 2.31. The van der Waals surface area contributed by atoms with Gasteiger partial charge in [0.05, 0.1) is 18.4 Å². The van der Waals surface area contributed by atoms with Crippen LogP contribution in [0.3, 0.4) is 0 Å². The Labute approximate surface area is 234 Å². The number of rotatable bonds is 11. The first kappa shape index (κ1) is 29.2. The predicted octanol–water partition coefficient (Wildman–Crippen LogP) is 6.79. The van der Waals surface area contributed by atoms with Crippen LogP contribution >= 0.6 is 0 Å². The van der Waals surface area contributed by atoms with Crippen molar-refractivity contribution in [3.05, 3.63) is 89.6 Å². The number of ether oxygens (including phenoxy) is 3. The minimum Gasteiger partial charge on any atom is -0.494 e. The Bertz CT molecular complexity index is 1500. The van der Waals surface area contributed by atoms with E-state index in [-0.39, 0.29) is 29.1 Å². The van der Waals surface area contributed by atoms with Gasteiger partial charge in [0.15, 0.2) is 11.6 Å². The van der Waals surface area contributed by atoms with Gasteiger partial charge in [-0.3, -0.25) is 5.41 Å². The van der Waals surface area contributed by atoms with Crippen molar-refractivity contribution in [1.29, 1.82) is 5.41 Å². The lowest BCUT2D eigenvalue weighted by Crippen LogP contribution is -2.18. The van der Waals surface area contributed by atoms with E-state index in [1.54, 1.807) is 51.1 Å². The fourth-order valence-corrected chi connectivity index (χ4v) is 4.08. The molecule has 1 aromatic heterocycles. The molecule has 41 heavy (non-hydrogen) atoms. The first-order valence-electron chi connectivity index (χ1n) is 12.7. The Balaban J connectivity index is 1.79. The molecule has 0 fully saturated rings. The molecule has 3 aromatic carbocycles. The van der Waals surface area contributed by atoms with Crippen molar-refractivity contribution >= 4 is 11.5 Å². The molecule has 216 valence electrons. The number of anilines is 1. The number of imidazole rings is 1. The maximum Gasteiger partial charge on any atom is 0.573 e. The lowest BCUT2D eigenvalue weighted by molar-refractivity contribution is -0.274. The Kier molecular flexibility index (Phi) is 8.70. The smallest absolute Gasteiger partial charge is 0.494 e. The van der Waals surface area contributed by atoms with Gasteiger partial charge in [0.25, 0.3) is 0 Å². The van der Waals surface area contributed by atoms with Gasteiger partial charge in [0.1, 0.15) is 29.2 Å². The third-order valence-electron chi connectivity index (χ3n) is 5.77. The average Bonchev–Trinajstić information content (AvgIpc) is 3.39. The number of hydrogen-bond donors (Lipinski definition) is 4. The monoisotopic (exact) mass is 571 g/mol. The average molecular weight is 572 g/mol. The van der Waals surface area contributed by atoms with Gasteiger partial charge < -0.3 is 30.2 Å². The van der Waals surface area contributed by atoms with E-state index in [9.17, 15) is 13.2 Å². The molecule has 0 aliphatic carbocycles. The number of amidine groups is 1. The highest BCUT2D eigenvalue weighted by Crippen LogP contribution is 2.36. The topological polar surface area (TPSA) is 118 Å². The fraction of sp³-hybridized carbons (Fsp3) is 0.241. The summed E-state index contributed by atoms with van der Waals surface area (Å²) in [5, 5.41) is 10.9. The number of nitrogens with one attached hydrogen (secondary N) is 3. The van der Waals surface area contributed by atoms with Crippen LogP contribution in [0.4, 0.5) is 23.2 Å². The van der Waals surface area contributed by atoms with E-state index in [2.05, 4.69) is 20.0 Å². The highest BCUT2D eigenvalue weighted by atomic mass is 19.4. The summed E-state index contributed by atoms with van der Waals surface area (Å²) in [4.78, 5) is 7.61. The molecule has 1 atom stereocenters. The van der Waals surface area contributed by atoms with Gasteiger partial charge in [0, 0.05) is 34.6 Å². The third-order valence-corrected chi connectivity index (χ3v) is 5.77. The zero-order valence-corrected chi connectivity index (χ0v) is 22.5. The Morgan fingerprint density at radius 1 is 1.07 bits per heavy atom. The Morgan fingerprint density at radius 2 is 1.80 bits per heavy atom. The number of halogens is 4. The summed E-state index contributed by atoms with van der Waals surface area (Å²) in [6.07, 6.45) is -3.66. The SMILES string of the molecule is CCOc1cc(OC(C)C)c(F)c(C(Nc2ccc(C(=N)N)cc2)c2nc(-c3cccc(OC(F)(F)F)c3)c[nH]2)c1. The Morgan fingerprint density at radius 3 is 2.44 bits per heavy atom. The van der Waals surface area contributed by atoms with Crippen LogP contribution in [0.15, 0.2) is 66.9 Å². The van der Waals surface area contributed by atoms with Gasteiger partial charge in [-0.2, -0.15) is 0 Å².